The number of halogens is 2. The standard InChI is InChI=1S/C19H13Cl2NO2S/c20-14-6-9-16(10-7-14)25(24)22-18-12-15(21)8-11-17(18)19(23)13-4-2-1-3-5-13/h1-12,22H. The molecule has 0 amide bonds. The van der Waals surface area contributed by atoms with Gasteiger partial charge in [-0.15, -0.1) is 0 Å². The first-order valence-corrected chi connectivity index (χ1v) is 9.28. The molecule has 0 aliphatic rings. The van der Waals surface area contributed by atoms with Crippen LogP contribution in [0, 0.1) is 0 Å². The second kappa shape index (κ2) is 7.83. The summed E-state index contributed by atoms with van der Waals surface area (Å²) in [6, 6.07) is 20.4. The van der Waals surface area contributed by atoms with Crippen LogP contribution in [0.1, 0.15) is 15.9 Å². The maximum absolute atomic E-state index is 12.7. The smallest absolute Gasteiger partial charge is 0.195 e. The molecular formula is C19H13Cl2NO2S. The van der Waals surface area contributed by atoms with Gasteiger partial charge >= 0.3 is 0 Å². The van der Waals surface area contributed by atoms with Crippen LogP contribution in [0.4, 0.5) is 5.69 Å². The summed E-state index contributed by atoms with van der Waals surface area (Å²) in [6.45, 7) is 0. The number of carbonyl (C=O) groups is 1. The topological polar surface area (TPSA) is 46.2 Å². The van der Waals surface area contributed by atoms with Gasteiger partial charge in [-0.1, -0.05) is 53.5 Å². The third-order valence-corrected chi connectivity index (χ3v) is 5.09. The first-order valence-electron chi connectivity index (χ1n) is 7.38. The summed E-state index contributed by atoms with van der Waals surface area (Å²) in [4.78, 5) is 13.3. The molecule has 0 aliphatic carbocycles. The van der Waals surface area contributed by atoms with Gasteiger partial charge in [-0.3, -0.25) is 4.79 Å². The van der Waals surface area contributed by atoms with Gasteiger partial charge in [0, 0.05) is 21.2 Å². The molecule has 0 heterocycles. The van der Waals surface area contributed by atoms with Crippen molar-refractivity contribution in [1.29, 1.82) is 0 Å². The number of carbonyl (C=O) groups excluding carboxylic acids is 1. The summed E-state index contributed by atoms with van der Waals surface area (Å²) >= 11 is 11.9. The van der Waals surface area contributed by atoms with E-state index < -0.39 is 11.0 Å². The zero-order valence-electron chi connectivity index (χ0n) is 12.9. The van der Waals surface area contributed by atoms with Crippen molar-refractivity contribution in [2.24, 2.45) is 0 Å². The molecule has 0 spiro atoms. The lowest BCUT2D eigenvalue weighted by molar-refractivity contribution is 0.103. The summed E-state index contributed by atoms with van der Waals surface area (Å²) in [5.74, 6) is -0.173. The van der Waals surface area contributed by atoms with Crippen molar-refractivity contribution in [2.75, 3.05) is 4.72 Å². The van der Waals surface area contributed by atoms with Crippen molar-refractivity contribution in [3.63, 3.8) is 0 Å². The Balaban J connectivity index is 1.93. The average molecular weight is 390 g/mol. The first-order chi connectivity index (χ1) is 12.0. The molecule has 25 heavy (non-hydrogen) atoms. The quantitative estimate of drug-likeness (QED) is 0.597. The first kappa shape index (κ1) is 17.7. The highest BCUT2D eigenvalue weighted by Crippen LogP contribution is 2.25. The van der Waals surface area contributed by atoms with Crippen LogP contribution in [0.25, 0.3) is 0 Å². The molecule has 1 N–H and O–H groups in total. The molecule has 0 aromatic heterocycles. The van der Waals surface area contributed by atoms with Crippen molar-refractivity contribution < 1.29 is 9.00 Å². The summed E-state index contributed by atoms with van der Waals surface area (Å²) in [7, 11) is -1.55. The van der Waals surface area contributed by atoms with E-state index in [4.69, 9.17) is 23.2 Å². The molecule has 3 nitrogen and oxygen atoms in total. The number of nitrogens with one attached hydrogen (secondary N) is 1. The minimum Gasteiger partial charge on any atom is -0.300 e. The highest BCUT2D eigenvalue weighted by Gasteiger charge is 2.16. The number of hydrogen-bond donors (Lipinski definition) is 1. The van der Waals surface area contributed by atoms with E-state index in [1.165, 1.54) is 0 Å². The Bertz CT molecular complexity index is 928. The number of rotatable bonds is 5. The SMILES string of the molecule is O=C(c1ccccc1)c1ccc(Cl)cc1NS(=O)c1ccc(Cl)cc1. The molecule has 0 fully saturated rings. The van der Waals surface area contributed by atoms with Crippen LogP contribution in [0.2, 0.25) is 10.0 Å². The monoisotopic (exact) mass is 389 g/mol. The lowest BCUT2D eigenvalue weighted by Crippen LogP contribution is -2.10. The Labute approximate surface area is 158 Å². The number of benzene rings is 3. The second-order valence-electron chi connectivity index (χ2n) is 5.21. The highest BCUT2D eigenvalue weighted by atomic mass is 35.5. The maximum Gasteiger partial charge on any atom is 0.195 e. The molecule has 3 rings (SSSR count). The molecule has 1 atom stereocenters. The summed E-state index contributed by atoms with van der Waals surface area (Å²) in [5.41, 5.74) is 1.36. The average Bonchev–Trinajstić information content (AvgIpc) is 2.62. The second-order valence-corrected chi connectivity index (χ2v) is 7.30. The van der Waals surface area contributed by atoms with E-state index >= 15 is 0 Å². The van der Waals surface area contributed by atoms with Gasteiger partial charge in [-0.25, -0.2) is 4.21 Å². The fourth-order valence-corrected chi connectivity index (χ4v) is 3.43. The van der Waals surface area contributed by atoms with Crippen LogP contribution < -0.4 is 4.72 Å². The van der Waals surface area contributed by atoms with Crippen molar-refractivity contribution in [2.45, 2.75) is 4.90 Å². The molecule has 0 saturated heterocycles. The normalized spacial score (nSPS) is 11.8. The van der Waals surface area contributed by atoms with Gasteiger partial charge in [-0.05, 0) is 42.5 Å². The van der Waals surface area contributed by atoms with Gasteiger partial charge in [0.25, 0.3) is 0 Å². The number of anilines is 1. The zero-order chi connectivity index (χ0) is 17.8. The molecule has 0 saturated carbocycles. The van der Waals surface area contributed by atoms with E-state index in [2.05, 4.69) is 4.72 Å². The van der Waals surface area contributed by atoms with E-state index in [0.29, 0.717) is 31.8 Å². The molecule has 3 aromatic rings. The lowest BCUT2D eigenvalue weighted by Gasteiger charge is -2.12. The van der Waals surface area contributed by atoms with Gasteiger partial charge in [-0.2, -0.15) is 0 Å². The van der Waals surface area contributed by atoms with Crippen molar-refractivity contribution in [3.8, 4) is 0 Å². The van der Waals surface area contributed by atoms with E-state index in [9.17, 15) is 9.00 Å². The molecular weight excluding hydrogens is 377 g/mol. The van der Waals surface area contributed by atoms with Crippen LogP contribution >= 0.6 is 23.2 Å². The Kier molecular flexibility index (Phi) is 5.53. The number of hydrogen-bond acceptors (Lipinski definition) is 2. The molecule has 0 radical (unpaired) electrons. The molecule has 6 heteroatoms. The molecule has 0 aliphatic heterocycles. The fourth-order valence-electron chi connectivity index (χ4n) is 2.26. The lowest BCUT2D eigenvalue weighted by atomic mass is 10.0. The van der Waals surface area contributed by atoms with Crippen LogP contribution in [0.15, 0.2) is 77.7 Å². The van der Waals surface area contributed by atoms with Crippen LogP contribution in [-0.2, 0) is 11.0 Å². The maximum atomic E-state index is 12.7. The predicted molar refractivity (Wildman–Crippen MR) is 103 cm³/mol. The Morgan fingerprint density at radius 2 is 1.48 bits per heavy atom. The molecule has 126 valence electrons. The molecule has 3 aromatic carbocycles. The third-order valence-electron chi connectivity index (χ3n) is 3.49. The fraction of sp³-hybridized carbons (Fsp3) is 0. The Morgan fingerprint density at radius 1 is 0.840 bits per heavy atom. The Morgan fingerprint density at radius 3 is 2.16 bits per heavy atom. The van der Waals surface area contributed by atoms with Crippen molar-refractivity contribution in [3.05, 3.63) is 94.0 Å². The van der Waals surface area contributed by atoms with Crippen molar-refractivity contribution in [1.82, 2.24) is 0 Å². The van der Waals surface area contributed by atoms with Crippen LogP contribution in [0.3, 0.4) is 0 Å². The zero-order valence-corrected chi connectivity index (χ0v) is 15.2. The van der Waals surface area contributed by atoms with Gasteiger partial charge in [0.1, 0.15) is 11.0 Å². The summed E-state index contributed by atoms with van der Waals surface area (Å²) in [6.07, 6.45) is 0. The molecule has 1 unspecified atom stereocenters. The van der Waals surface area contributed by atoms with Gasteiger partial charge < -0.3 is 4.72 Å². The van der Waals surface area contributed by atoms with E-state index in [1.807, 2.05) is 6.07 Å². The van der Waals surface area contributed by atoms with E-state index in [0.717, 1.165) is 0 Å². The predicted octanol–water partition coefficient (Wildman–Crippen LogP) is 5.36. The minimum absolute atomic E-state index is 0.173. The Hall–Kier alpha value is -2.14. The largest absolute Gasteiger partial charge is 0.300 e. The van der Waals surface area contributed by atoms with Gasteiger partial charge in [0.2, 0.25) is 0 Å². The molecule has 0 bridgehead atoms. The van der Waals surface area contributed by atoms with Gasteiger partial charge in [0.15, 0.2) is 5.78 Å². The summed E-state index contributed by atoms with van der Waals surface area (Å²) in [5, 5.41) is 1.00. The third kappa shape index (κ3) is 4.28. The van der Waals surface area contributed by atoms with Crippen LogP contribution in [-0.4, -0.2) is 9.99 Å². The van der Waals surface area contributed by atoms with E-state index in [1.54, 1.807) is 66.7 Å². The summed E-state index contributed by atoms with van der Waals surface area (Å²) < 4.78 is 15.4. The van der Waals surface area contributed by atoms with Gasteiger partial charge in [0.05, 0.1) is 10.6 Å². The number of ketones is 1. The van der Waals surface area contributed by atoms with Crippen LogP contribution in [0.5, 0.6) is 0 Å². The highest BCUT2D eigenvalue weighted by molar-refractivity contribution is 7.86. The van der Waals surface area contributed by atoms with Crippen molar-refractivity contribution >= 4 is 45.7 Å². The van der Waals surface area contributed by atoms with E-state index in [-0.39, 0.29) is 5.78 Å². The minimum atomic E-state index is -1.55.